The van der Waals surface area contributed by atoms with Crippen molar-refractivity contribution in [2.75, 3.05) is 19.3 Å². The van der Waals surface area contributed by atoms with Gasteiger partial charge in [-0.25, -0.2) is 4.98 Å². The summed E-state index contributed by atoms with van der Waals surface area (Å²) in [5, 5.41) is 9.87. The van der Waals surface area contributed by atoms with E-state index in [0.29, 0.717) is 5.56 Å². The van der Waals surface area contributed by atoms with Gasteiger partial charge in [-0.2, -0.15) is 0 Å². The zero-order valence-corrected chi connectivity index (χ0v) is 10.8. The Balaban J connectivity index is 2.85. The lowest BCUT2D eigenvalue weighted by Gasteiger charge is -2.25. The maximum absolute atomic E-state index is 12.0. The highest BCUT2D eigenvalue weighted by Crippen LogP contribution is 2.18. The topological polar surface area (TPSA) is 79.5 Å². The van der Waals surface area contributed by atoms with Gasteiger partial charge in [0, 0.05) is 19.8 Å². The molecule has 0 unspecified atom stereocenters. The van der Waals surface area contributed by atoms with Gasteiger partial charge < -0.3 is 15.7 Å². The highest BCUT2D eigenvalue weighted by Gasteiger charge is 2.20. The van der Waals surface area contributed by atoms with Crippen LogP contribution in [0, 0.1) is 0 Å². The molecule has 0 saturated heterocycles. The van der Waals surface area contributed by atoms with Gasteiger partial charge in [0.2, 0.25) is 0 Å². The van der Waals surface area contributed by atoms with Gasteiger partial charge in [0.1, 0.15) is 5.82 Å². The van der Waals surface area contributed by atoms with Crippen molar-refractivity contribution in [2.45, 2.75) is 19.4 Å². The molecule has 94 valence electrons. The number of likely N-dealkylation sites (N-methyl/N-ethyl adjacent to an activating group) is 1. The number of aromatic nitrogens is 1. The average Bonchev–Trinajstić information content (AvgIpc) is 2.18. The standard InChI is InChI=1S/C11H16ClN3O2/c1-11(2,17)6-15(3)10(16)7-4-8(12)9(13)14-5-7/h4-5,17H,6H2,1-3H3,(H2,13,14). The molecule has 0 fully saturated rings. The molecule has 0 aliphatic heterocycles. The molecule has 0 aromatic carbocycles. The largest absolute Gasteiger partial charge is 0.389 e. The van der Waals surface area contributed by atoms with Gasteiger partial charge in [0.15, 0.2) is 0 Å². The number of nitrogens with two attached hydrogens (primary N) is 1. The molecule has 0 aliphatic carbocycles. The number of nitrogens with zero attached hydrogens (tertiary/aromatic N) is 2. The Bertz CT molecular complexity index is 429. The highest BCUT2D eigenvalue weighted by molar-refractivity contribution is 6.33. The number of pyridine rings is 1. The van der Waals surface area contributed by atoms with Crippen LogP contribution in [0.25, 0.3) is 0 Å². The minimum Gasteiger partial charge on any atom is -0.389 e. The maximum Gasteiger partial charge on any atom is 0.255 e. The van der Waals surface area contributed by atoms with Crippen LogP contribution < -0.4 is 5.73 Å². The van der Waals surface area contributed by atoms with Crippen molar-refractivity contribution in [1.29, 1.82) is 0 Å². The molecule has 0 saturated carbocycles. The van der Waals surface area contributed by atoms with E-state index in [-0.39, 0.29) is 23.3 Å². The molecule has 0 radical (unpaired) electrons. The zero-order chi connectivity index (χ0) is 13.2. The molecule has 0 atom stereocenters. The first-order valence-corrected chi connectivity index (χ1v) is 5.47. The number of hydrogen-bond donors (Lipinski definition) is 2. The second-order valence-corrected chi connectivity index (χ2v) is 4.97. The molecule has 0 spiro atoms. The Morgan fingerprint density at radius 2 is 2.24 bits per heavy atom. The van der Waals surface area contributed by atoms with Crippen LogP contribution in [0.4, 0.5) is 5.82 Å². The minimum atomic E-state index is -0.949. The summed E-state index contributed by atoms with van der Waals surface area (Å²) < 4.78 is 0. The maximum atomic E-state index is 12.0. The highest BCUT2D eigenvalue weighted by atomic mass is 35.5. The SMILES string of the molecule is CN(CC(C)(C)O)C(=O)c1cnc(N)c(Cl)c1. The molecule has 0 bridgehead atoms. The van der Waals surface area contributed by atoms with Gasteiger partial charge in [-0.3, -0.25) is 4.79 Å². The van der Waals surface area contributed by atoms with Crippen LogP contribution in [-0.2, 0) is 0 Å². The summed E-state index contributed by atoms with van der Waals surface area (Å²) in [7, 11) is 1.60. The van der Waals surface area contributed by atoms with Gasteiger partial charge >= 0.3 is 0 Å². The zero-order valence-electron chi connectivity index (χ0n) is 10.1. The van der Waals surface area contributed by atoms with Crippen LogP contribution in [0.5, 0.6) is 0 Å². The van der Waals surface area contributed by atoms with Gasteiger partial charge in [-0.1, -0.05) is 11.6 Å². The Morgan fingerprint density at radius 1 is 1.65 bits per heavy atom. The predicted octanol–water partition coefficient (Wildman–Crippen LogP) is 1.16. The van der Waals surface area contributed by atoms with E-state index in [4.69, 9.17) is 17.3 Å². The molecule has 1 heterocycles. The first kappa shape index (κ1) is 13.7. The van der Waals surface area contributed by atoms with Crippen molar-refractivity contribution in [1.82, 2.24) is 9.88 Å². The van der Waals surface area contributed by atoms with E-state index in [0.717, 1.165) is 0 Å². The number of nitrogen functional groups attached to an aromatic ring is 1. The van der Waals surface area contributed by atoms with E-state index in [1.807, 2.05) is 0 Å². The molecule has 1 amide bonds. The van der Waals surface area contributed by atoms with Crippen molar-refractivity contribution < 1.29 is 9.90 Å². The van der Waals surface area contributed by atoms with Crippen LogP contribution in [0.3, 0.4) is 0 Å². The predicted molar refractivity (Wildman–Crippen MR) is 66.9 cm³/mol. The van der Waals surface area contributed by atoms with Gasteiger partial charge in [-0.15, -0.1) is 0 Å². The summed E-state index contributed by atoms with van der Waals surface area (Å²) in [4.78, 5) is 17.2. The lowest BCUT2D eigenvalue weighted by atomic mass is 10.1. The Morgan fingerprint density at radius 3 is 2.71 bits per heavy atom. The Labute approximate surface area is 105 Å². The van der Waals surface area contributed by atoms with E-state index in [9.17, 15) is 9.90 Å². The molecule has 3 N–H and O–H groups in total. The second-order valence-electron chi connectivity index (χ2n) is 4.56. The summed E-state index contributed by atoms with van der Waals surface area (Å²) in [6.45, 7) is 3.48. The molecular formula is C11H16ClN3O2. The average molecular weight is 258 g/mol. The van der Waals surface area contributed by atoms with Crippen LogP contribution in [-0.4, -0.2) is 40.1 Å². The molecular weight excluding hydrogens is 242 g/mol. The first-order valence-electron chi connectivity index (χ1n) is 5.09. The molecule has 0 aliphatic rings. The summed E-state index contributed by atoms with van der Waals surface area (Å²) >= 11 is 5.79. The van der Waals surface area contributed by atoms with Gasteiger partial charge in [-0.05, 0) is 19.9 Å². The fourth-order valence-electron chi connectivity index (χ4n) is 1.44. The van der Waals surface area contributed by atoms with Crippen molar-refractivity contribution >= 4 is 23.3 Å². The summed E-state index contributed by atoms with van der Waals surface area (Å²) in [5.74, 6) is -0.0742. The molecule has 1 aromatic heterocycles. The van der Waals surface area contributed by atoms with Crippen molar-refractivity contribution in [3.63, 3.8) is 0 Å². The summed E-state index contributed by atoms with van der Waals surface area (Å²) in [5.41, 5.74) is 4.85. The first-order chi connectivity index (χ1) is 7.70. The quantitative estimate of drug-likeness (QED) is 0.852. The van der Waals surface area contributed by atoms with Crippen LogP contribution >= 0.6 is 11.6 Å². The number of anilines is 1. The van der Waals surface area contributed by atoms with E-state index in [1.54, 1.807) is 20.9 Å². The van der Waals surface area contributed by atoms with E-state index in [2.05, 4.69) is 4.98 Å². The van der Waals surface area contributed by atoms with E-state index >= 15 is 0 Å². The monoisotopic (exact) mass is 257 g/mol. The van der Waals surface area contributed by atoms with Crippen molar-refractivity contribution in [3.05, 3.63) is 22.8 Å². The van der Waals surface area contributed by atoms with E-state index < -0.39 is 5.60 Å². The molecule has 1 aromatic rings. The smallest absolute Gasteiger partial charge is 0.255 e. The van der Waals surface area contributed by atoms with Crippen LogP contribution in [0.1, 0.15) is 24.2 Å². The van der Waals surface area contributed by atoms with Gasteiger partial charge in [0.05, 0.1) is 16.2 Å². The number of amides is 1. The van der Waals surface area contributed by atoms with E-state index in [1.165, 1.54) is 17.2 Å². The number of rotatable bonds is 3. The fraction of sp³-hybridized carbons (Fsp3) is 0.455. The number of hydrogen-bond acceptors (Lipinski definition) is 4. The van der Waals surface area contributed by atoms with Crippen LogP contribution in [0.15, 0.2) is 12.3 Å². The Kier molecular flexibility index (Phi) is 3.95. The normalized spacial score (nSPS) is 11.4. The minimum absolute atomic E-state index is 0.188. The number of halogens is 1. The number of carbonyl (C=O) groups is 1. The molecule has 1 rings (SSSR count). The lowest BCUT2D eigenvalue weighted by Crippen LogP contribution is -2.39. The Hall–Kier alpha value is -1.33. The third kappa shape index (κ3) is 3.87. The molecule has 6 heteroatoms. The summed E-state index contributed by atoms with van der Waals surface area (Å²) in [6.07, 6.45) is 1.37. The molecule has 5 nitrogen and oxygen atoms in total. The second kappa shape index (κ2) is 4.89. The lowest BCUT2D eigenvalue weighted by molar-refractivity contribution is 0.0367. The molecule has 17 heavy (non-hydrogen) atoms. The summed E-state index contributed by atoms with van der Waals surface area (Å²) in [6, 6.07) is 1.47. The fourth-order valence-corrected chi connectivity index (χ4v) is 1.60. The van der Waals surface area contributed by atoms with Gasteiger partial charge in [0.25, 0.3) is 5.91 Å². The number of carbonyl (C=O) groups excluding carboxylic acids is 1. The van der Waals surface area contributed by atoms with Crippen molar-refractivity contribution in [3.8, 4) is 0 Å². The number of aliphatic hydroxyl groups is 1. The third-order valence-corrected chi connectivity index (χ3v) is 2.39. The van der Waals surface area contributed by atoms with Crippen molar-refractivity contribution in [2.24, 2.45) is 0 Å². The third-order valence-electron chi connectivity index (χ3n) is 2.09. The van der Waals surface area contributed by atoms with Crippen LogP contribution in [0.2, 0.25) is 5.02 Å².